The van der Waals surface area contributed by atoms with Crippen molar-refractivity contribution < 1.29 is 9.90 Å². The summed E-state index contributed by atoms with van der Waals surface area (Å²) in [6.45, 7) is 2.02. The number of nitriles is 1. The van der Waals surface area contributed by atoms with E-state index in [1.54, 1.807) is 36.7 Å². The van der Waals surface area contributed by atoms with Gasteiger partial charge in [-0.15, -0.1) is 0 Å². The number of rotatable bonds is 6. The Kier molecular flexibility index (Phi) is 5.53. The van der Waals surface area contributed by atoms with Crippen molar-refractivity contribution in [3.05, 3.63) is 53.6 Å². The number of aromatic amines is 1. The summed E-state index contributed by atoms with van der Waals surface area (Å²) < 4.78 is 0. The average molecular weight is 310 g/mol. The zero-order valence-electron chi connectivity index (χ0n) is 12.8. The van der Waals surface area contributed by atoms with Crippen molar-refractivity contribution in [1.29, 1.82) is 5.26 Å². The fourth-order valence-corrected chi connectivity index (χ4v) is 2.20. The molecule has 2 rings (SSSR count). The van der Waals surface area contributed by atoms with Crippen LogP contribution < -0.4 is 5.32 Å². The minimum absolute atomic E-state index is 0.0140. The molecule has 0 saturated heterocycles. The molecular weight excluding hydrogens is 292 g/mol. The van der Waals surface area contributed by atoms with Crippen LogP contribution in [-0.4, -0.2) is 21.0 Å². The molecule has 1 atom stereocenters. The quantitative estimate of drug-likeness (QED) is 0.564. The van der Waals surface area contributed by atoms with Crippen LogP contribution in [0.5, 0.6) is 5.75 Å². The lowest BCUT2D eigenvalue weighted by atomic mass is 10.0. The number of carbonyl (C=O) groups is 1. The van der Waals surface area contributed by atoms with Crippen molar-refractivity contribution >= 4 is 12.0 Å². The first-order valence-corrected chi connectivity index (χ1v) is 7.35. The molecule has 0 aliphatic carbocycles. The van der Waals surface area contributed by atoms with Crippen LogP contribution >= 0.6 is 0 Å². The van der Waals surface area contributed by atoms with E-state index < -0.39 is 5.91 Å². The lowest BCUT2D eigenvalue weighted by Crippen LogP contribution is -2.29. The molecule has 23 heavy (non-hydrogen) atoms. The zero-order valence-corrected chi connectivity index (χ0v) is 12.8. The second-order valence-corrected chi connectivity index (χ2v) is 5.05. The van der Waals surface area contributed by atoms with Crippen LogP contribution in [-0.2, 0) is 4.79 Å². The Hall–Kier alpha value is -3.07. The number of phenolic OH excluding ortho intramolecular Hbond substituents is 1. The summed E-state index contributed by atoms with van der Waals surface area (Å²) in [4.78, 5) is 19.1. The highest BCUT2D eigenvalue weighted by Gasteiger charge is 2.17. The topological polar surface area (TPSA) is 102 Å². The Labute approximate surface area is 134 Å². The zero-order chi connectivity index (χ0) is 16.7. The molecule has 1 heterocycles. The van der Waals surface area contributed by atoms with Gasteiger partial charge in [0.25, 0.3) is 5.91 Å². The van der Waals surface area contributed by atoms with Crippen LogP contribution in [0.4, 0.5) is 0 Å². The molecule has 118 valence electrons. The van der Waals surface area contributed by atoms with Crippen LogP contribution in [0, 0.1) is 11.3 Å². The summed E-state index contributed by atoms with van der Waals surface area (Å²) >= 11 is 0. The number of H-pyrrole nitrogens is 1. The van der Waals surface area contributed by atoms with Gasteiger partial charge in [0.15, 0.2) is 0 Å². The molecule has 0 spiro atoms. The summed E-state index contributed by atoms with van der Waals surface area (Å²) in [7, 11) is 0. The number of imidazole rings is 1. The SMILES string of the molecule is CCCC(NC(=O)/C(C#N)=C/c1ncc[nH]1)c1ccc(O)cc1. The smallest absolute Gasteiger partial charge is 0.262 e. The fourth-order valence-electron chi connectivity index (χ4n) is 2.20. The number of benzene rings is 1. The third-order valence-corrected chi connectivity index (χ3v) is 3.34. The molecule has 0 radical (unpaired) electrons. The highest BCUT2D eigenvalue weighted by atomic mass is 16.3. The van der Waals surface area contributed by atoms with Crippen molar-refractivity contribution in [1.82, 2.24) is 15.3 Å². The Morgan fingerprint density at radius 2 is 2.22 bits per heavy atom. The minimum atomic E-state index is -0.449. The molecule has 0 aliphatic rings. The van der Waals surface area contributed by atoms with Crippen molar-refractivity contribution in [2.45, 2.75) is 25.8 Å². The van der Waals surface area contributed by atoms with E-state index in [1.165, 1.54) is 6.08 Å². The number of amides is 1. The molecule has 1 amide bonds. The van der Waals surface area contributed by atoms with Crippen LogP contribution in [0.2, 0.25) is 0 Å². The largest absolute Gasteiger partial charge is 0.508 e. The molecule has 1 unspecified atom stereocenters. The number of nitrogens with zero attached hydrogens (tertiary/aromatic N) is 2. The number of hydrogen-bond donors (Lipinski definition) is 3. The predicted octanol–water partition coefficient (Wildman–Crippen LogP) is 2.68. The standard InChI is InChI=1S/C17H18N4O2/c1-2-3-15(12-4-6-14(22)7-5-12)21-17(23)13(11-18)10-16-19-8-9-20-16/h4-10,15,22H,2-3H2,1H3,(H,19,20)(H,21,23)/b13-10+. The maximum atomic E-state index is 12.3. The molecular formula is C17H18N4O2. The monoisotopic (exact) mass is 310 g/mol. The van der Waals surface area contributed by atoms with Gasteiger partial charge in [-0.2, -0.15) is 5.26 Å². The van der Waals surface area contributed by atoms with Crippen LogP contribution in [0.15, 0.2) is 42.2 Å². The Balaban J connectivity index is 2.17. The van der Waals surface area contributed by atoms with Gasteiger partial charge in [0.1, 0.15) is 23.2 Å². The van der Waals surface area contributed by atoms with Gasteiger partial charge in [0, 0.05) is 18.5 Å². The van der Waals surface area contributed by atoms with Crippen LogP contribution in [0.1, 0.15) is 37.2 Å². The Morgan fingerprint density at radius 3 is 2.78 bits per heavy atom. The number of carbonyl (C=O) groups excluding carboxylic acids is 1. The number of aromatic nitrogens is 2. The first kappa shape index (κ1) is 16.3. The molecule has 6 heteroatoms. The predicted molar refractivity (Wildman–Crippen MR) is 86.1 cm³/mol. The summed E-state index contributed by atoms with van der Waals surface area (Å²) in [5.74, 6) is 0.176. The van der Waals surface area contributed by atoms with E-state index >= 15 is 0 Å². The minimum Gasteiger partial charge on any atom is -0.508 e. The first-order chi connectivity index (χ1) is 11.1. The Bertz CT molecular complexity index is 712. The van der Waals surface area contributed by atoms with E-state index in [0.717, 1.165) is 18.4 Å². The molecule has 1 aromatic carbocycles. The summed E-state index contributed by atoms with van der Waals surface area (Å²) in [5.41, 5.74) is 0.869. The van der Waals surface area contributed by atoms with Gasteiger partial charge in [-0.3, -0.25) is 4.79 Å². The number of hydrogen-bond acceptors (Lipinski definition) is 4. The summed E-state index contributed by atoms with van der Waals surface area (Å²) in [5, 5.41) is 21.4. The van der Waals surface area contributed by atoms with E-state index in [-0.39, 0.29) is 17.4 Å². The molecule has 0 fully saturated rings. The fraction of sp³-hybridized carbons (Fsp3) is 0.235. The van der Waals surface area contributed by atoms with Gasteiger partial charge in [-0.05, 0) is 24.1 Å². The highest BCUT2D eigenvalue weighted by molar-refractivity contribution is 6.01. The van der Waals surface area contributed by atoms with Crippen LogP contribution in [0.25, 0.3) is 6.08 Å². The van der Waals surface area contributed by atoms with Gasteiger partial charge in [-0.25, -0.2) is 4.98 Å². The second-order valence-electron chi connectivity index (χ2n) is 5.05. The van der Waals surface area contributed by atoms with E-state index in [9.17, 15) is 15.2 Å². The van der Waals surface area contributed by atoms with E-state index in [2.05, 4.69) is 15.3 Å². The van der Waals surface area contributed by atoms with E-state index in [1.807, 2.05) is 13.0 Å². The first-order valence-electron chi connectivity index (χ1n) is 7.35. The molecule has 6 nitrogen and oxygen atoms in total. The highest BCUT2D eigenvalue weighted by Crippen LogP contribution is 2.21. The molecule has 0 saturated carbocycles. The third-order valence-electron chi connectivity index (χ3n) is 3.34. The maximum absolute atomic E-state index is 12.3. The molecule has 2 aromatic rings. The lowest BCUT2D eigenvalue weighted by molar-refractivity contribution is -0.117. The van der Waals surface area contributed by atoms with E-state index in [4.69, 9.17) is 0 Å². The molecule has 1 aromatic heterocycles. The Morgan fingerprint density at radius 1 is 1.48 bits per heavy atom. The van der Waals surface area contributed by atoms with Gasteiger partial charge in [-0.1, -0.05) is 25.5 Å². The number of phenols is 1. The normalized spacial score (nSPS) is 12.4. The summed E-state index contributed by atoms with van der Waals surface area (Å²) in [6, 6.07) is 8.36. The average Bonchev–Trinajstić information content (AvgIpc) is 3.06. The molecule has 0 aliphatic heterocycles. The molecule has 0 bridgehead atoms. The van der Waals surface area contributed by atoms with Crippen LogP contribution in [0.3, 0.4) is 0 Å². The van der Waals surface area contributed by atoms with Gasteiger partial charge in [0.2, 0.25) is 0 Å². The maximum Gasteiger partial charge on any atom is 0.262 e. The van der Waals surface area contributed by atoms with Crippen molar-refractivity contribution in [2.75, 3.05) is 0 Å². The third kappa shape index (κ3) is 4.45. The van der Waals surface area contributed by atoms with Crippen molar-refractivity contribution in [2.24, 2.45) is 0 Å². The van der Waals surface area contributed by atoms with Crippen molar-refractivity contribution in [3.63, 3.8) is 0 Å². The van der Waals surface area contributed by atoms with Gasteiger partial charge >= 0.3 is 0 Å². The van der Waals surface area contributed by atoms with Gasteiger partial charge < -0.3 is 15.4 Å². The van der Waals surface area contributed by atoms with E-state index in [0.29, 0.717) is 5.82 Å². The summed E-state index contributed by atoms with van der Waals surface area (Å²) in [6.07, 6.45) is 6.19. The number of nitrogens with one attached hydrogen (secondary N) is 2. The van der Waals surface area contributed by atoms with Gasteiger partial charge in [0.05, 0.1) is 6.04 Å². The second kappa shape index (κ2) is 7.80. The number of aromatic hydroxyl groups is 1. The van der Waals surface area contributed by atoms with Crippen molar-refractivity contribution in [3.8, 4) is 11.8 Å². The molecule has 3 N–H and O–H groups in total. The lowest BCUT2D eigenvalue weighted by Gasteiger charge is -2.18.